The van der Waals surface area contributed by atoms with Crippen LogP contribution in [0.4, 0.5) is 4.39 Å². The first-order valence-electron chi connectivity index (χ1n) is 5.70. The number of halogens is 1. The summed E-state index contributed by atoms with van der Waals surface area (Å²) >= 11 is 0. The molecule has 1 N–H and O–H groups in total. The number of ether oxygens (including phenoxy) is 2. The molecule has 1 unspecified atom stereocenters. The van der Waals surface area contributed by atoms with Gasteiger partial charge in [0, 0.05) is 0 Å². The van der Waals surface area contributed by atoms with Gasteiger partial charge in [0.05, 0.1) is 18.3 Å². The van der Waals surface area contributed by atoms with Crippen molar-refractivity contribution in [3.05, 3.63) is 29.6 Å². The Morgan fingerprint density at radius 2 is 2.11 bits per heavy atom. The van der Waals surface area contributed by atoms with Gasteiger partial charge in [-0.3, -0.25) is 4.79 Å². The Balaban J connectivity index is 2.50. The van der Waals surface area contributed by atoms with E-state index >= 15 is 0 Å². The zero-order valence-corrected chi connectivity index (χ0v) is 10.4. The SMILES string of the molecule is CC(C)OCC(O)COc1ccc(F)cc1C=O. The number of aldehydes is 1. The van der Waals surface area contributed by atoms with Crippen LogP contribution >= 0.6 is 0 Å². The molecule has 5 heteroatoms. The molecular formula is C13H17FO4. The Hall–Kier alpha value is -1.46. The van der Waals surface area contributed by atoms with Crippen molar-refractivity contribution in [3.63, 3.8) is 0 Å². The third-order valence-electron chi connectivity index (χ3n) is 2.15. The lowest BCUT2D eigenvalue weighted by atomic mass is 10.2. The Labute approximate surface area is 105 Å². The zero-order chi connectivity index (χ0) is 13.5. The zero-order valence-electron chi connectivity index (χ0n) is 10.4. The number of aliphatic hydroxyl groups excluding tert-OH is 1. The summed E-state index contributed by atoms with van der Waals surface area (Å²) in [4.78, 5) is 10.7. The third-order valence-corrected chi connectivity index (χ3v) is 2.15. The Morgan fingerprint density at radius 1 is 1.39 bits per heavy atom. The lowest BCUT2D eigenvalue weighted by Gasteiger charge is -2.15. The molecule has 1 aromatic rings. The van der Waals surface area contributed by atoms with E-state index in [1.807, 2.05) is 13.8 Å². The van der Waals surface area contributed by atoms with Gasteiger partial charge in [0.2, 0.25) is 0 Å². The second-order valence-corrected chi connectivity index (χ2v) is 4.15. The van der Waals surface area contributed by atoms with E-state index in [4.69, 9.17) is 9.47 Å². The molecule has 0 heterocycles. The van der Waals surface area contributed by atoms with Crippen molar-refractivity contribution in [1.82, 2.24) is 0 Å². The number of benzene rings is 1. The standard InChI is InChI=1S/C13H17FO4/c1-9(2)17-7-12(16)8-18-13-4-3-11(14)5-10(13)6-15/h3-6,9,12,16H,7-8H2,1-2H3. The summed E-state index contributed by atoms with van der Waals surface area (Å²) in [5, 5.41) is 9.57. The number of hydrogen-bond donors (Lipinski definition) is 1. The first kappa shape index (κ1) is 14.6. The summed E-state index contributed by atoms with van der Waals surface area (Å²) in [6.45, 7) is 3.85. The van der Waals surface area contributed by atoms with Crippen molar-refractivity contribution in [2.75, 3.05) is 13.2 Å². The predicted molar refractivity (Wildman–Crippen MR) is 64.4 cm³/mol. The first-order chi connectivity index (χ1) is 8.52. The fraction of sp³-hybridized carbons (Fsp3) is 0.462. The molecular weight excluding hydrogens is 239 g/mol. The number of carbonyl (C=O) groups excluding carboxylic acids is 1. The van der Waals surface area contributed by atoms with Crippen LogP contribution < -0.4 is 4.74 Å². The predicted octanol–water partition coefficient (Wildman–Crippen LogP) is 1.80. The highest BCUT2D eigenvalue weighted by molar-refractivity contribution is 5.79. The summed E-state index contributed by atoms with van der Waals surface area (Å²) in [7, 11) is 0. The molecule has 0 bridgehead atoms. The van der Waals surface area contributed by atoms with Crippen molar-refractivity contribution < 1.29 is 23.8 Å². The van der Waals surface area contributed by atoms with Gasteiger partial charge < -0.3 is 14.6 Å². The highest BCUT2D eigenvalue weighted by Crippen LogP contribution is 2.17. The van der Waals surface area contributed by atoms with Gasteiger partial charge in [-0.2, -0.15) is 0 Å². The normalized spacial score (nSPS) is 12.5. The highest BCUT2D eigenvalue weighted by Gasteiger charge is 2.09. The summed E-state index contributed by atoms with van der Waals surface area (Å²) in [6, 6.07) is 3.63. The van der Waals surface area contributed by atoms with Crippen LogP contribution in [0.3, 0.4) is 0 Å². The number of rotatable bonds is 7. The smallest absolute Gasteiger partial charge is 0.153 e. The maximum Gasteiger partial charge on any atom is 0.153 e. The van der Waals surface area contributed by atoms with Crippen molar-refractivity contribution in [3.8, 4) is 5.75 Å². The van der Waals surface area contributed by atoms with Crippen molar-refractivity contribution >= 4 is 6.29 Å². The minimum Gasteiger partial charge on any atom is -0.490 e. The molecule has 18 heavy (non-hydrogen) atoms. The monoisotopic (exact) mass is 256 g/mol. The molecule has 0 amide bonds. The molecule has 0 radical (unpaired) electrons. The van der Waals surface area contributed by atoms with Crippen LogP contribution in [0.2, 0.25) is 0 Å². The van der Waals surface area contributed by atoms with Crippen LogP contribution in [0.15, 0.2) is 18.2 Å². The molecule has 0 fully saturated rings. The molecule has 1 atom stereocenters. The van der Waals surface area contributed by atoms with Gasteiger partial charge in [-0.05, 0) is 32.0 Å². The van der Waals surface area contributed by atoms with Gasteiger partial charge >= 0.3 is 0 Å². The van der Waals surface area contributed by atoms with Gasteiger partial charge in [-0.25, -0.2) is 4.39 Å². The third kappa shape index (κ3) is 4.81. The molecule has 0 aromatic heterocycles. The Kier molecular flexibility index (Phi) is 5.74. The maximum absolute atomic E-state index is 12.9. The van der Waals surface area contributed by atoms with Crippen molar-refractivity contribution in [2.45, 2.75) is 26.1 Å². The summed E-state index contributed by atoms with van der Waals surface area (Å²) in [5.41, 5.74) is 0.118. The molecule has 1 rings (SSSR count). The average Bonchev–Trinajstić information content (AvgIpc) is 2.34. The van der Waals surface area contributed by atoms with Gasteiger partial charge in [-0.1, -0.05) is 0 Å². The molecule has 0 aliphatic carbocycles. The van der Waals surface area contributed by atoms with Crippen LogP contribution in [0.25, 0.3) is 0 Å². The van der Waals surface area contributed by atoms with Crippen LogP contribution in [-0.2, 0) is 4.74 Å². The lowest BCUT2D eigenvalue weighted by molar-refractivity contribution is -0.0123. The molecule has 0 aliphatic heterocycles. The Morgan fingerprint density at radius 3 is 2.72 bits per heavy atom. The van der Waals surface area contributed by atoms with E-state index in [1.54, 1.807) is 0 Å². The van der Waals surface area contributed by atoms with E-state index < -0.39 is 11.9 Å². The second-order valence-electron chi connectivity index (χ2n) is 4.15. The van der Waals surface area contributed by atoms with Crippen LogP contribution in [-0.4, -0.2) is 36.8 Å². The van der Waals surface area contributed by atoms with Crippen molar-refractivity contribution in [2.24, 2.45) is 0 Å². The molecule has 0 spiro atoms. The van der Waals surface area contributed by atoms with E-state index in [-0.39, 0.29) is 30.6 Å². The van der Waals surface area contributed by atoms with Crippen LogP contribution in [0.5, 0.6) is 5.75 Å². The molecule has 100 valence electrons. The molecule has 0 saturated heterocycles. The van der Waals surface area contributed by atoms with Gasteiger partial charge in [0.25, 0.3) is 0 Å². The minimum atomic E-state index is -0.794. The number of hydrogen-bond acceptors (Lipinski definition) is 4. The topological polar surface area (TPSA) is 55.8 Å². The fourth-order valence-electron chi connectivity index (χ4n) is 1.28. The lowest BCUT2D eigenvalue weighted by Crippen LogP contribution is -2.25. The van der Waals surface area contributed by atoms with E-state index in [1.165, 1.54) is 12.1 Å². The number of aliphatic hydroxyl groups is 1. The molecule has 0 aliphatic rings. The van der Waals surface area contributed by atoms with E-state index in [0.29, 0.717) is 6.29 Å². The average molecular weight is 256 g/mol. The van der Waals surface area contributed by atoms with Gasteiger partial charge in [0.1, 0.15) is 24.3 Å². The van der Waals surface area contributed by atoms with E-state index in [9.17, 15) is 14.3 Å². The van der Waals surface area contributed by atoms with Crippen LogP contribution in [0, 0.1) is 5.82 Å². The summed E-state index contributed by atoms with van der Waals surface area (Å²) in [6.07, 6.45) is -0.261. The van der Waals surface area contributed by atoms with Gasteiger partial charge in [0.15, 0.2) is 6.29 Å². The van der Waals surface area contributed by atoms with Crippen LogP contribution in [0.1, 0.15) is 24.2 Å². The molecule has 4 nitrogen and oxygen atoms in total. The second kappa shape index (κ2) is 7.08. The van der Waals surface area contributed by atoms with E-state index in [2.05, 4.69) is 0 Å². The largest absolute Gasteiger partial charge is 0.490 e. The van der Waals surface area contributed by atoms with Crippen molar-refractivity contribution in [1.29, 1.82) is 0 Å². The van der Waals surface area contributed by atoms with E-state index in [0.717, 1.165) is 6.07 Å². The molecule has 1 aromatic carbocycles. The number of carbonyl (C=O) groups is 1. The highest BCUT2D eigenvalue weighted by atomic mass is 19.1. The first-order valence-corrected chi connectivity index (χ1v) is 5.70. The molecule has 0 saturated carbocycles. The fourth-order valence-corrected chi connectivity index (χ4v) is 1.28. The quantitative estimate of drug-likeness (QED) is 0.756. The maximum atomic E-state index is 12.9. The minimum absolute atomic E-state index is 0.0147. The summed E-state index contributed by atoms with van der Waals surface area (Å²) < 4.78 is 23.3. The summed E-state index contributed by atoms with van der Waals surface area (Å²) in [5.74, 6) is -0.261. The Bertz CT molecular complexity index is 393. The van der Waals surface area contributed by atoms with Gasteiger partial charge in [-0.15, -0.1) is 0 Å².